The smallest absolute Gasteiger partial charge is 0.279 e. The minimum absolute atomic E-state index is 0.204. The highest BCUT2D eigenvalue weighted by molar-refractivity contribution is 7.89. The molecule has 8 nitrogen and oxygen atoms in total. The monoisotopic (exact) mass is 503 g/mol. The van der Waals surface area contributed by atoms with Crippen molar-refractivity contribution in [2.24, 2.45) is 4.99 Å². The second-order valence-electron chi connectivity index (χ2n) is 8.12. The molecule has 1 aromatic heterocycles. The Bertz CT molecular complexity index is 1320. The Hall–Kier alpha value is -2.53. The number of hydrogen-bond acceptors (Lipinski definition) is 6. The molecule has 1 fully saturated rings. The first-order valence-electron chi connectivity index (χ1n) is 11.3. The molecule has 34 heavy (non-hydrogen) atoms. The number of aromatic nitrogens is 1. The molecule has 2 aromatic carbocycles. The van der Waals surface area contributed by atoms with E-state index >= 15 is 0 Å². The van der Waals surface area contributed by atoms with Gasteiger partial charge in [0.15, 0.2) is 4.80 Å². The van der Waals surface area contributed by atoms with Gasteiger partial charge in [-0.05, 0) is 55.3 Å². The number of nitrogens with zero attached hydrogens (tertiary/aromatic N) is 3. The van der Waals surface area contributed by atoms with Crippen LogP contribution in [0.2, 0.25) is 0 Å². The molecular weight excluding hydrogens is 474 g/mol. The van der Waals surface area contributed by atoms with Gasteiger partial charge in [-0.15, -0.1) is 0 Å². The molecule has 0 N–H and O–H groups in total. The summed E-state index contributed by atoms with van der Waals surface area (Å²) in [7, 11) is -0.327. The van der Waals surface area contributed by atoms with Crippen LogP contribution >= 0.6 is 11.3 Å². The fourth-order valence-electron chi connectivity index (χ4n) is 4.02. The summed E-state index contributed by atoms with van der Waals surface area (Å²) in [6, 6.07) is 11.8. The maximum atomic E-state index is 13.0. The van der Waals surface area contributed by atoms with E-state index in [0.717, 1.165) is 41.6 Å². The van der Waals surface area contributed by atoms with Crippen molar-refractivity contribution in [2.45, 2.75) is 37.1 Å². The molecule has 10 heteroatoms. The van der Waals surface area contributed by atoms with Crippen molar-refractivity contribution >= 4 is 37.5 Å². The van der Waals surface area contributed by atoms with Gasteiger partial charge in [0.1, 0.15) is 5.75 Å². The Morgan fingerprint density at radius 1 is 1.03 bits per heavy atom. The summed E-state index contributed by atoms with van der Waals surface area (Å²) in [6.45, 7) is 2.09. The standard InChI is InChI=1S/C24H29N3O5S2/c1-31-16-15-27-21-12-9-19(32-2)17-22(21)33-24(27)25-23(28)18-7-10-20(11-8-18)34(29,30)26-13-5-3-4-6-14-26/h7-12,17H,3-6,13-16H2,1-2H3. The number of methoxy groups -OCH3 is 2. The van der Waals surface area contributed by atoms with E-state index in [1.54, 1.807) is 18.5 Å². The summed E-state index contributed by atoms with van der Waals surface area (Å²) in [5.74, 6) is 0.301. The van der Waals surface area contributed by atoms with Gasteiger partial charge in [0.05, 0.1) is 28.8 Å². The van der Waals surface area contributed by atoms with Crippen LogP contribution in [0, 0.1) is 0 Å². The summed E-state index contributed by atoms with van der Waals surface area (Å²) >= 11 is 1.39. The molecule has 0 radical (unpaired) electrons. The van der Waals surface area contributed by atoms with Crippen LogP contribution in [0.5, 0.6) is 5.75 Å². The number of thiazole rings is 1. The number of ether oxygens (including phenoxy) is 2. The van der Waals surface area contributed by atoms with Gasteiger partial charge in [-0.1, -0.05) is 24.2 Å². The Morgan fingerprint density at radius 2 is 1.74 bits per heavy atom. The Balaban J connectivity index is 1.63. The van der Waals surface area contributed by atoms with E-state index in [4.69, 9.17) is 9.47 Å². The van der Waals surface area contributed by atoms with Crippen molar-refractivity contribution in [1.82, 2.24) is 8.87 Å². The molecule has 0 atom stereocenters. The summed E-state index contributed by atoms with van der Waals surface area (Å²) < 4.78 is 41.0. The SMILES string of the molecule is COCCn1c(=NC(=O)c2ccc(S(=O)(=O)N3CCCCCC3)cc2)sc2cc(OC)ccc21. The van der Waals surface area contributed by atoms with Crippen LogP contribution in [0.4, 0.5) is 0 Å². The molecule has 0 saturated carbocycles. The third-order valence-electron chi connectivity index (χ3n) is 5.91. The van der Waals surface area contributed by atoms with E-state index in [1.807, 2.05) is 22.8 Å². The lowest BCUT2D eigenvalue weighted by molar-refractivity contribution is 0.0997. The van der Waals surface area contributed by atoms with E-state index in [0.29, 0.717) is 36.6 Å². The number of rotatable bonds is 7. The van der Waals surface area contributed by atoms with Crippen molar-refractivity contribution in [3.05, 3.63) is 52.8 Å². The molecule has 182 valence electrons. The molecule has 2 heterocycles. The van der Waals surface area contributed by atoms with E-state index in [1.165, 1.54) is 35.6 Å². The van der Waals surface area contributed by atoms with Gasteiger partial charge in [0.2, 0.25) is 10.0 Å². The number of sulfonamides is 1. The third-order valence-corrected chi connectivity index (χ3v) is 8.86. The van der Waals surface area contributed by atoms with Gasteiger partial charge in [-0.25, -0.2) is 8.42 Å². The largest absolute Gasteiger partial charge is 0.497 e. The van der Waals surface area contributed by atoms with Gasteiger partial charge in [0.25, 0.3) is 5.91 Å². The highest BCUT2D eigenvalue weighted by atomic mass is 32.2. The number of benzene rings is 2. The second kappa shape index (κ2) is 10.8. The van der Waals surface area contributed by atoms with E-state index in [2.05, 4.69) is 4.99 Å². The zero-order valence-corrected chi connectivity index (χ0v) is 21.0. The lowest BCUT2D eigenvalue weighted by Crippen LogP contribution is -2.31. The lowest BCUT2D eigenvalue weighted by Gasteiger charge is -2.19. The summed E-state index contributed by atoms with van der Waals surface area (Å²) in [4.78, 5) is 18.1. The number of hydrogen-bond donors (Lipinski definition) is 0. The molecule has 1 aliphatic heterocycles. The van der Waals surface area contributed by atoms with Gasteiger partial charge in [-0.2, -0.15) is 9.30 Å². The molecule has 1 amide bonds. The second-order valence-corrected chi connectivity index (χ2v) is 11.1. The van der Waals surface area contributed by atoms with E-state index in [-0.39, 0.29) is 4.90 Å². The van der Waals surface area contributed by atoms with E-state index in [9.17, 15) is 13.2 Å². The fourth-order valence-corrected chi connectivity index (χ4v) is 6.62. The van der Waals surface area contributed by atoms with Crippen LogP contribution in [0.1, 0.15) is 36.0 Å². The van der Waals surface area contributed by atoms with Crippen LogP contribution in [0.25, 0.3) is 10.2 Å². The molecule has 1 saturated heterocycles. The van der Waals surface area contributed by atoms with Crippen molar-refractivity contribution in [1.29, 1.82) is 0 Å². The first-order valence-corrected chi connectivity index (χ1v) is 13.6. The molecule has 1 aliphatic rings. The topological polar surface area (TPSA) is 90.2 Å². The third kappa shape index (κ3) is 5.25. The molecule has 0 unspecified atom stereocenters. The van der Waals surface area contributed by atoms with Gasteiger partial charge in [-0.3, -0.25) is 4.79 Å². The molecule has 0 aliphatic carbocycles. The molecule has 4 rings (SSSR count). The van der Waals surface area contributed by atoms with Crippen molar-refractivity contribution < 1.29 is 22.7 Å². The number of fused-ring (bicyclic) bond motifs is 1. The fraction of sp³-hybridized carbons (Fsp3) is 0.417. The van der Waals surface area contributed by atoms with Crippen LogP contribution in [-0.2, 0) is 21.3 Å². The highest BCUT2D eigenvalue weighted by Gasteiger charge is 2.25. The number of carbonyl (C=O) groups is 1. The maximum absolute atomic E-state index is 13.0. The molecule has 0 spiro atoms. The number of carbonyl (C=O) groups excluding carboxylic acids is 1. The molecular formula is C24H29N3O5S2. The zero-order chi connectivity index (χ0) is 24.1. The molecule has 0 bridgehead atoms. The quantitative estimate of drug-likeness (QED) is 0.491. The first kappa shape index (κ1) is 24.6. The average molecular weight is 504 g/mol. The predicted molar refractivity (Wildman–Crippen MR) is 132 cm³/mol. The van der Waals surface area contributed by atoms with Crippen LogP contribution in [0.15, 0.2) is 52.4 Å². The minimum Gasteiger partial charge on any atom is -0.497 e. The van der Waals surface area contributed by atoms with Crippen molar-refractivity contribution in [3.63, 3.8) is 0 Å². The maximum Gasteiger partial charge on any atom is 0.279 e. The highest BCUT2D eigenvalue weighted by Crippen LogP contribution is 2.24. The predicted octanol–water partition coefficient (Wildman–Crippen LogP) is 3.66. The van der Waals surface area contributed by atoms with E-state index < -0.39 is 15.9 Å². The van der Waals surface area contributed by atoms with Crippen LogP contribution in [0.3, 0.4) is 0 Å². The average Bonchev–Trinajstić information content (AvgIpc) is 3.00. The molecule has 3 aromatic rings. The van der Waals surface area contributed by atoms with Gasteiger partial charge < -0.3 is 14.0 Å². The summed E-state index contributed by atoms with van der Waals surface area (Å²) in [6.07, 6.45) is 3.85. The van der Waals surface area contributed by atoms with Crippen molar-refractivity contribution in [3.8, 4) is 5.75 Å². The summed E-state index contributed by atoms with van der Waals surface area (Å²) in [5.41, 5.74) is 1.27. The lowest BCUT2D eigenvalue weighted by atomic mass is 10.2. The van der Waals surface area contributed by atoms with Gasteiger partial charge in [0, 0.05) is 32.3 Å². The van der Waals surface area contributed by atoms with Crippen LogP contribution < -0.4 is 9.54 Å². The number of amides is 1. The summed E-state index contributed by atoms with van der Waals surface area (Å²) in [5, 5.41) is 0. The minimum atomic E-state index is -3.56. The Morgan fingerprint density at radius 3 is 2.38 bits per heavy atom. The van der Waals surface area contributed by atoms with Crippen LogP contribution in [-0.4, -0.2) is 57.1 Å². The normalized spacial score (nSPS) is 16.0. The Labute approximate surface area is 203 Å². The first-order chi connectivity index (χ1) is 16.4. The zero-order valence-electron chi connectivity index (χ0n) is 19.4. The van der Waals surface area contributed by atoms with Crippen molar-refractivity contribution in [2.75, 3.05) is 33.9 Å². The Kier molecular flexibility index (Phi) is 7.82. The van der Waals surface area contributed by atoms with Gasteiger partial charge >= 0.3 is 0 Å².